The predicted octanol–water partition coefficient (Wildman–Crippen LogP) is 4.39. The molecule has 0 unspecified atom stereocenters. The molecule has 2 aromatic carbocycles. The highest BCUT2D eigenvalue weighted by Crippen LogP contribution is 2.17. The minimum absolute atomic E-state index is 0.0405. The maximum Gasteiger partial charge on any atom is 0.257 e. The number of benzene rings is 2. The fourth-order valence-corrected chi connectivity index (χ4v) is 2.42. The summed E-state index contributed by atoms with van der Waals surface area (Å²) in [6.45, 7) is 7.81. The lowest BCUT2D eigenvalue weighted by Crippen LogP contribution is -2.34. The van der Waals surface area contributed by atoms with Gasteiger partial charge in [-0.2, -0.15) is 0 Å². The summed E-state index contributed by atoms with van der Waals surface area (Å²) >= 11 is 5.21. The molecule has 6 heteroatoms. The van der Waals surface area contributed by atoms with E-state index in [-0.39, 0.29) is 23.2 Å². The monoisotopic (exact) mass is 372 g/mol. The van der Waals surface area contributed by atoms with E-state index >= 15 is 0 Å². The predicted molar refractivity (Wildman–Crippen MR) is 108 cm³/mol. The normalized spacial score (nSPS) is 10.5. The lowest BCUT2D eigenvalue weighted by atomic mass is 10.2. The largest absolute Gasteiger partial charge is 0.491 e. The van der Waals surface area contributed by atoms with Gasteiger partial charge in [-0.1, -0.05) is 6.07 Å². The second-order valence-corrected chi connectivity index (χ2v) is 6.70. The fraction of sp³-hybridized carbons (Fsp3) is 0.300. The van der Waals surface area contributed by atoms with E-state index in [2.05, 4.69) is 10.6 Å². The van der Waals surface area contributed by atoms with Crippen LogP contribution in [-0.4, -0.2) is 23.2 Å². The van der Waals surface area contributed by atoms with Gasteiger partial charge in [0, 0.05) is 11.3 Å². The molecule has 1 amide bonds. The number of hydrogen-bond acceptors (Lipinski definition) is 4. The van der Waals surface area contributed by atoms with Crippen molar-refractivity contribution in [3.05, 3.63) is 54.1 Å². The first-order chi connectivity index (χ1) is 12.3. The van der Waals surface area contributed by atoms with E-state index in [1.165, 1.54) is 0 Å². The maximum absolute atomic E-state index is 12.3. The Morgan fingerprint density at radius 1 is 0.923 bits per heavy atom. The molecule has 0 heterocycles. The van der Waals surface area contributed by atoms with Crippen molar-refractivity contribution < 1.29 is 14.3 Å². The van der Waals surface area contributed by atoms with E-state index in [9.17, 15) is 4.79 Å². The molecule has 0 aliphatic rings. The Morgan fingerprint density at radius 2 is 1.54 bits per heavy atom. The number of rotatable bonds is 6. The second-order valence-electron chi connectivity index (χ2n) is 6.29. The minimum Gasteiger partial charge on any atom is -0.491 e. The number of nitrogens with one attached hydrogen (secondary N) is 2. The number of ether oxygens (including phenoxy) is 2. The van der Waals surface area contributed by atoms with Crippen molar-refractivity contribution in [3.63, 3.8) is 0 Å². The van der Waals surface area contributed by atoms with Crippen molar-refractivity contribution in [2.24, 2.45) is 0 Å². The Morgan fingerprint density at radius 3 is 2.15 bits per heavy atom. The van der Waals surface area contributed by atoms with Crippen molar-refractivity contribution in [2.45, 2.75) is 39.9 Å². The zero-order valence-corrected chi connectivity index (χ0v) is 16.2. The molecule has 0 saturated heterocycles. The van der Waals surface area contributed by atoms with Gasteiger partial charge in [-0.15, -0.1) is 0 Å². The molecule has 0 aromatic heterocycles. The third kappa shape index (κ3) is 6.37. The average molecular weight is 372 g/mol. The van der Waals surface area contributed by atoms with Gasteiger partial charge in [-0.05, 0) is 82.4 Å². The van der Waals surface area contributed by atoms with Gasteiger partial charge < -0.3 is 14.8 Å². The SMILES string of the molecule is CC(C)Oc1ccc(NC(=S)NC(=O)c2cccc(OC(C)C)c2)cc1. The quantitative estimate of drug-likeness (QED) is 0.737. The first kappa shape index (κ1) is 19.7. The van der Waals surface area contributed by atoms with Crippen LogP contribution >= 0.6 is 12.2 Å². The third-order valence-electron chi connectivity index (χ3n) is 3.18. The molecule has 0 aliphatic carbocycles. The van der Waals surface area contributed by atoms with E-state index in [1.54, 1.807) is 18.2 Å². The second kappa shape index (κ2) is 9.20. The van der Waals surface area contributed by atoms with Crippen LogP contribution in [0.4, 0.5) is 5.69 Å². The Balaban J connectivity index is 1.93. The molecule has 26 heavy (non-hydrogen) atoms. The Bertz CT molecular complexity index is 758. The summed E-state index contributed by atoms with van der Waals surface area (Å²) in [7, 11) is 0. The summed E-state index contributed by atoms with van der Waals surface area (Å²) in [5.41, 5.74) is 1.25. The first-order valence-corrected chi connectivity index (χ1v) is 8.90. The van der Waals surface area contributed by atoms with Crippen molar-refractivity contribution in [1.29, 1.82) is 0 Å². The third-order valence-corrected chi connectivity index (χ3v) is 3.38. The van der Waals surface area contributed by atoms with Crippen LogP contribution in [0.5, 0.6) is 11.5 Å². The highest BCUT2D eigenvalue weighted by Gasteiger charge is 2.10. The van der Waals surface area contributed by atoms with Crippen molar-refractivity contribution in [2.75, 3.05) is 5.32 Å². The van der Waals surface area contributed by atoms with Crippen LogP contribution in [-0.2, 0) is 0 Å². The fourth-order valence-electron chi connectivity index (χ4n) is 2.21. The molecule has 0 saturated carbocycles. The van der Waals surface area contributed by atoms with Crippen LogP contribution in [0, 0.1) is 0 Å². The molecule has 138 valence electrons. The van der Waals surface area contributed by atoms with Gasteiger partial charge in [0.05, 0.1) is 12.2 Å². The minimum atomic E-state index is -0.295. The van der Waals surface area contributed by atoms with Crippen molar-refractivity contribution in [1.82, 2.24) is 5.32 Å². The Labute approximate surface area is 159 Å². The summed E-state index contributed by atoms with van der Waals surface area (Å²) in [6.07, 6.45) is 0.156. The first-order valence-electron chi connectivity index (χ1n) is 8.49. The lowest BCUT2D eigenvalue weighted by Gasteiger charge is -2.13. The zero-order chi connectivity index (χ0) is 19.1. The van der Waals surface area contributed by atoms with E-state index < -0.39 is 0 Å². The summed E-state index contributed by atoms with van der Waals surface area (Å²) < 4.78 is 11.2. The van der Waals surface area contributed by atoms with Crippen LogP contribution in [0.25, 0.3) is 0 Å². The van der Waals surface area contributed by atoms with E-state index in [4.69, 9.17) is 21.7 Å². The molecule has 0 bridgehead atoms. The van der Waals surface area contributed by atoms with Gasteiger partial charge in [0.25, 0.3) is 5.91 Å². The van der Waals surface area contributed by atoms with Gasteiger partial charge >= 0.3 is 0 Å². The van der Waals surface area contributed by atoms with Crippen LogP contribution in [0.2, 0.25) is 0 Å². The summed E-state index contributed by atoms with van der Waals surface area (Å²) in [5, 5.41) is 5.87. The van der Waals surface area contributed by atoms with Gasteiger partial charge in [0.15, 0.2) is 5.11 Å². The number of anilines is 1. The van der Waals surface area contributed by atoms with Gasteiger partial charge in [0.2, 0.25) is 0 Å². The topological polar surface area (TPSA) is 59.6 Å². The van der Waals surface area contributed by atoms with Crippen LogP contribution in [0.15, 0.2) is 48.5 Å². The van der Waals surface area contributed by atoms with Gasteiger partial charge in [-0.25, -0.2) is 0 Å². The zero-order valence-electron chi connectivity index (χ0n) is 15.4. The maximum atomic E-state index is 12.3. The summed E-state index contributed by atoms with van der Waals surface area (Å²) in [5.74, 6) is 1.13. The van der Waals surface area contributed by atoms with Crippen molar-refractivity contribution in [3.8, 4) is 11.5 Å². The highest BCUT2D eigenvalue weighted by atomic mass is 32.1. The number of carbonyl (C=O) groups excluding carboxylic acids is 1. The highest BCUT2D eigenvalue weighted by molar-refractivity contribution is 7.80. The number of thiocarbonyl (C=S) groups is 1. The van der Waals surface area contributed by atoms with E-state index in [0.717, 1.165) is 11.4 Å². The summed E-state index contributed by atoms with van der Waals surface area (Å²) in [6, 6.07) is 14.4. The molecule has 0 atom stereocenters. The van der Waals surface area contributed by atoms with Gasteiger partial charge in [0.1, 0.15) is 11.5 Å². The molecule has 2 N–H and O–H groups in total. The molecule has 5 nitrogen and oxygen atoms in total. The standard InChI is InChI=1S/C20H24N2O3S/c1-13(2)24-17-10-8-16(9-11-17)21-20(26)22-19(23)15-6-5-7-18(12-15)25-14(3)4/h5-14H,1-4H3,(H2,21,22,23,26). The molecule has 0 spiro atoms. The van der Waals surface area contributed by atoms with Crippen LogP contribution < -0.4 is 20.1 Å². The van der Waals surface area contributed by atoms with Crippen LogP contribution in [0.3, 0.4) is 0 Å². The number of amides is 1. The van der Waals surface area contributed by atoms with Crippen LogP contribution in [0.1, 0.15) is 38.1 Å². The molecule has 2 aromatic rings. The molecule has 2 rings (SSSR count). The average Bonchev–Trinajstić information content (AvgIpc) is 2.55. The lowest BCUT2D eigenvalue weighted by molar-refractivity contribution is 0.0977. The molecular formula is C20H24N2O3S. The smallest absolute Gasteiger partial charge is 0.257 e. The van der Waals surface area contributed by atoms with E-state index in [0.29, 0.717) is 11.3 Å². The molecular weight excluding hydrogens is 348 g/mol. The van der Waals surface area contributed by atoms with Crippen molar-refractivity contribution >= 4 is 28.9 Å². The number of carbonyl (C=O) groups is 1. The number of hydrogen-bond donors (Lipinski definition) is 2. The Hall–Kier alpha value is -2.60. The molecule has 0 aliphatic heterocycles. The van der Waals surface area contributed by atoms with Gasteiger partial charge in [-0.3, -0.25) is 10.1 Å². The van der Waals surface area contributed by atoms with E-state index in [1.807, 2.05) is 58.0 Å². The Kier molecular flexibility index (Phi) is 6.97. The molecule has 0 fully saturated rings. The summed E-state index contributed by atoms with van der Waals surface area (Å²) in [4.78, 5) is 12.3. The molecule has 0 radical (unpaired) electrons.